The molecular formula is C9H9BrF2N2O. The van der Waals surface area contributed by atoms with Crippen LogP contribution >= 0.6 is 15.9 Å². The van der Waals surface area contributed by atoms with Crippen molar-refractivity contribution in [2.45, 2.75) is 6.42 Å². The number of halogens is 3. The smallest absolute Gasteiger partial charge is 0.219 e. The summed E-state index contributed by atoms with van der Waals surface area (Å²) in [7, 11) is 0. The monoisotopic (exact) mass is 278 g/mol. The van der Waals surface area contributed by atoms with Gasteiger partial charge in [-0.15, -0.1) is 0 Å². The van der Waals surface area contributed by atoms with Crippen LogP contribution in [0.5, 0.6) is 0 Å². The van der Waals surface area contributed by atoms with Crippen LogP contribution in [0, 0.1) is 11.6 Å². The van der Waals surface area contributed by atoms with Crippen LogP contribution in [0.2, 0.25) is 0 Å². The van der Waals surface area contributed by atoms with Crippen LogP contribution in [0.1, 0.15) is 6.42 Å². The van der Waals surface area contributed by atoms with Gasteiger partial charge in [0.2, 0.25) is 5.91 Å². The van der Waals surface area contributed by atoms with Crippen molar-refractivity contribution in [2.75, 3.05) is 11.9 Å². The second-order valence-electron chi connectivity index (χ2n) is 2.89. The average Bonchev–Trinajstić information content (AvgIpc) is 2.13. The molecule has 0 heterocycles. The number of amides is 1. The van der Waals surface area contributed by atoms with Gasteiger partial charge in [0.15, 0.2) is 0 Å². The van der Waals surface area contributed by atoms with E-state index in [0.717, 1.165) is 6.07 Å². The minimum absolute atomic E-state index is 0.0917. The highest BCUT2D eigenvalue weighted by molar-refractivity contribution is 9.10. The van der Waals surface area contributed by atoms with Crippen molar-refractivity contribution in [2.24, 2.45) is 5.73 Å². The number of carbonyl (C=O) groups is 1. The van der Waals surface area contributed by atoms with Crippen LogP contribution in [0.4, 0.5) is 14.5 Å². The van der Waals surface area contributed by atoms with Gasteiger partial charge in [0.05, 0.1) is 10.2 Å². The molecule has 0 radical (unpaired) electrons. The summed E-state index contributed by atoms with van der Waals surface area (Å²) in [6.45, 7) is 0.213. The Hall–Kier alpha value is -1.17. The van der Waals surface area contributed by atoms with Crippen LogP contribution in [0.15, 0.2) is 16.6 Å². The Kier molecular flexibility index (Phi) is 4.02. The van der Waals surface area contributed by atoms with Crippen molar-refractivity contribution in [3.05, 3.63) is 28.2 Å². The minimum atomic E-state index is -0.708. The van der Waals surface area contributed by atoms with Gasteiger partial charge in [-0.1, -0.05) is 0 Å². The van der Waals surface area contributed by atoms with Gasteiger partial charge in [0.1, 0.15) is 11.6 Å². The van der Waals surface area contributed by atoms with E-state index in [1.54, 1.807) is 0 Å². The molecule has 0 bridgehead atoms. The van der Waals surface area contributed by atoms with Gasteiger partial charge in [0.25, 0.3) is 0 Å². The minimum Gasteiger partial charge on any atom is -0.382 e. The molecule has 0 aromatic heterocycles. The normalized spacial score (nSPS) is 10.1. The van der Waals surface area contributed by atoms with Crippen molar-refractivity contribution in [1.29, 1.82) is 0 Å². The maximum Gasteiger partial charge on any atom is 0.219 e. The highest BCUT2D eigenvalue weighted by Gasteiger charge is 2.07. The van der Waals surface area contributed by atoms with E-state index in [-0.39, 0.29) is 23.1 Å². The van der Waals surface area contributed by atoms with E-state index in [1.165, 1.54) is 6.07 Å². The molecule has 1 aromatic carbocycles. The van der Waals surface area contributed by atoms with E-state index < -0.39 is 17.5 Å². The maximum atomic E-state index is 13.1. The van der Waals surface area contributed by atoms with Gasteiger partial charge in [0, 0.05) is 19.0 Å². The molecule has 15 heavy (non-hydrogen) atoms. The number of benzene rings is 1. The van der Waals surface area contributed by atoms with Crippen molar-refractivity contribution in [1.82, 2.24) is 0 Å². The molecule has 82 valence electrons. The lowest BCUT2D eigenvalue weighted by Gasteiger charge is -2.07. The molecule has 6 heteroatoms. The summed E-state index contributed by atoms with van der Waals surface area (Å²) in [4.78, 5) is 10.4. The summed E-state index contributed by atoms with van der Waals surface area (Å²) in [6.07, 6.45) is 0.0917. The summed E-state index contributed by atoms with van der Waals surface area (Å²) >= 11 is 2.93. The van der Waals surface area contributed by atoms with E-state index in [2.05, 4.69) is 21.2 Å². The first-order valence-corrected chi connectivity index (χ1v) is 4.96. The highest BCUT2D eigenvalue weighted by Crippen LogP contribution is 2.23. The van der Waals surface area contributed by atoms with Crippen LogP contribution < -0.4 is 11.1 Å². The van der Waals surface area contributed by atoms with Gasteiger partial charge in [-0.25, -0.2) is 8.78 Å². The summed E-state index contributed by atoms with van der Waals surface area (Å²) in [6, 6.07) is 2.03. The number of hydrogen-bond donors (Lipinski definition) is 2. The topological polar surface area (TPSA) is 55.1 Å². The van der Waals surface area contributed by atoms with Gasteiger partial charge >= 0.3 is 0 Å². The van der Waals surface area contributed by atoms with Gasteiger partial charge in [-0.2, -0.15) is 0 Å². The molecule has 3 nitrogen and oxygen atoms in total. The Morgan fingerprint density at radius 3 is 2.67 bits per heavy atom. The lowest BCUT2D eigenvalue weighted by Crippen LogP contribution is -2.16. The largest absolute Gasteiger partial charge is 0.382 e. The Labute approximate surface area is 93.8 Å². The Balaban J connectivity index is 2.69. The maximum absolute atomic E-state index is 13.1. The van der Waals surface area contributed by atoms with Crippen LogP contribution in [0.25, 0.3) is 0 Å². The molecule has 0 aliphatic heterocycles. The number of hydrogen-bond acceptors (Lipinski definition) is 2. The van der Waals surface area contributed by atoms with Crippen LogP contribution in [-0.4, -0.2) is 12.5 Å². The third kappa shape index (κ3) is 3.47. The van der Waals surface area contributed by atoms with E-state index in [1.807, 2.05) is 0 Å². The molecule has 1 amide bonds. The predicted octanol–water partition coefficient (Wildman–Crippen LogP) is 2.01. The number of anilines is 1. The van der Waals surface area contributed by atoms with Crippen molar-refractivity contribution in [3.8, 4) is 0 Å². The fraction of sp³-hybridized carbons (Fsp3) is 0.222. The molecule has 1 aromatic rings. The van der Waals surface area contributed by atoms with Gasteiger partial charge in [-0.05, 0) is 22.0 Å². The first kappa shape index (κ1) is 11.9. The molecule has 0 unspecified atom stereocenters. The summed E-state index contributed by atoms with van der Waals surface area (Å²) in [5, 5.41) is 2.64. The fourth-order valence-corrected chi connectivity index (χ4v) is 1.32. The standard InChI is InChI=1S/C9H9BrF2N2O/c10-5-3-8(7(12)4-6(5)11)14-2-1-9(13)15/h3-4,14H,1-2H2,(H2,13,15). The molecule has 0 saturated carbocycles. The van der Waals surface area contributed by atoms with Gasteiger partial charge < -0.3 is 11.1 Å². The molecule has 0 atom stereocenters. The summed E-state index contributed by atoms with van der Waals surface area (Å²) < 4.78 is 26.1. The molecular weight excluding hydrogens is 270 g/mol. The Morgan fingerprint density at radius 1 is 1.40 bits per heavy atom. The number of rotatable bonds is 4. The zero-order valence-corrected chi connectivity index (χ0v) is 9.27. The van der Waals surface area contributed by atoms with E-state index in [0.29, 0.717) is 0 Å². The lowest BCUT2D eigenvalue weighted by molar-refractivity contribution is -0.117. The third-order valence-electron chi connectivity index (χ3n) is 1.70. The first-order valence-electron chi connectivity index (χ1n) is 4.17. The lowest BCUT2D eigenvalue weighted by atomic mass is 10.3. The summed E-state index contributed by atoms with van der Waals surface area (Å²) in [5.74, 6) is -1.86. The SMILES string of the molecule is NC(=O)CCNc1cc(Br)c(F)cc1F. The second kappa shape index (κ2) is 5.06. The average molecular weight is 279 g/mol. The van der Waals surface area contributed by atoms with E-state index >= 15 is 0 Å². The molecule has 0 aliphatic rings. The van der Waals surface area contributed by atoms with Crippen molar-refractivity contribution in [3.63, 3.8) is 0 Å². The van der Waals surface area contributed by atoms with Crippen LogP contribution in [-0.2, 0) is 4.79 Å². The van der Waals surface area contributed by atoms with E-state index in [9.17, 15) is 13.6 Å². The Bertz CT molecular complexity index is 385. The van der Waals surface area contributed by atoms with E-state index in [4.69, 9.17) is 5.73 Å². The molecule has 0 saturated heterocycles. The Morgan fingerprint density at radius 2 is 2.07 bits per heavy atom. The fourth-order valence-electron chi connectivity index (χ4n) is 0.978. The van der Waals surface area contributed by atoms with Crippen molar-refractivity contribution >= 4 is 27.5 Å². The zero-order valence-electron chi connectivity index (χ0n) is 7.69. The highest BCUT2D eigenvalue weighted by atomic mass is 79.9. The summed E-state index contributed by atoms with van der Waals surface area (Å²) in [5.41, 5.74) is 5.04. The molecule has 0 spiro atoms. The third-order valence-corrected chi connectivity index (χ3v) is 2.30. The van der Waals surface area contributed by atoms with Crippen LogP contribution in [0.3, 0.4) is 0 Å². The number of primary amides is 1. The molecule has 1 rings (SSSR count). The number of nitrogens with one attached hydrogen (secondary N) is 1. The molecule has 3 N–H and O–H groups in total. The van der Waals surface area contributed by atoms with Gasteiger partial charge in [-0.3, -0.25) is 4.79 Å². The quantitative estimate of drug-likeness (QED) is 0.828. The molecule has 0 fully saturated rings. The predicted molar refractivity (Wildman–Crippen MR) is 56.4 cm³/mol. The molecule has 0 aliphatic carbocycles. The first-order chi connectivity index (χ1) is 7.00. The number of carbonyl (C=O) groups excluding carboxylic acids is 1. The number of nitrogens with two attached hydrogens (primary N) is 1. The zero-order chi connectivity index (χ0) is 11.4. The van der Waals surface area contributed by atoms with Crippen molar-refractivity contribution < 1.29 is 13.6 Å². The second-order valence-corrected chi connectivity index (χ2v) is 3.74.